The number of nitrogens with zero attached hydrogens (tertiary/aromatic N) is 7. The van der Waals surface area contributed by atoms with Crippen LogP contribution in [0.3, 0.4) is 0 Å². The molecule has 2 aromatic carbocycles. The van der Waals surface area contributed by atoms with Gasteiger partial charge in [0.25, 0.3) is 5.91 Å². The Balaban J connectivity index is 1.08. The second kappa shape index (κ2) is 9.83. The van der Waals surface area contributed by atoms with E-state index in [1.54, 1.807) is 0 Å². The Kier molecular flexibility index (Phi) is 6.04. The number of guanidine groups is 1. The lowest BCUT2D eigenvalue weighted by molar-refractivity contribution is -0.125. The van der Waals surface area contributed by atoms with Crippen LogP contribution in [0.25, 0.3) is 5.69 Å². The molecule has 3 aliphatic heterocycles. The Morgan fingerprint density at radius 3 is 2.50 bits per heavy atom. The van der Waals surface area contributed by atoms with Crippen LogP contribution >= 0.6 is 0 Å². The monoisotopic (exact) mass is 507 g/mol. The van der Waals surface area contributed by atoms with Crippen LogP contribution in [-0.4, -0.2) is 67.7 Å². The molecule has 7 rings (SSSR count). The molecule has 1 aromatic heterocycles. The molecule has 0 spiro atoms. The number of benzene rings is 2. The molecule has 0 N–H and O–H groups in total. The maximum absolute atomic E-state index is 13.8. The van der Waals surface area contributed by atoms with E-state index in [0.717, 1.165) is 61.1 Å². The fourth-order valence-electron chi connectivity index (χ4n) is 6.34. The first kappa shape index (κ1) is 23.3. The molecule has 3 aromatic rings. The van der Waals surface area contributed by atoms with E-state index in [4.69, 9.17) is 4.99 Å². The van der Waals surface area contributed by atoms with E-state index in [2.05, 4.69) is 74.8 Å². The third-order valence-electron chi connectivity index (χ3n) is 8.36. The SMILES string of the molecule is O=C1C2=C(CCN(Cc3ccccc3)C2)N2CCN=C2N1Cc1ccc(-n2cc(C3CCCC3)nn2)cc1. The van der Waals surface area contributed by atoms with Gasteiger partial charge in [-0.05, 0) is 36.1 Å². The molecule has 8 heteroatoms. The number of carbonyl (C=O) groups is 1. The highest BCUT2D eigenvalue weighted by Crippen LogP contribution is 2.34. The van der Waals surface area contributed by atoms with E-state index in [-0.39, 0.29) is 5.91 Å². The molecule has 0 saturated heterocycles. The minimum Gasteiger partial charge on any atom is -0.314 e. The number of fused-ring (bicyclic) bond motifs is 2. The molecular formula is C30H33N7O. The van der Waals surface area contributed by atoms with Gasteiger partial charge in [0.15, 0.2) is 0 Å². The Hall–Kier alpha value is -3.78. The predicted molar refractivity (Wildman–Crippen MR) is 145 cm³/mol. The van der Waals surface area contributed by atoms with Gasteiger partial charge in [-0.2, -0.15) is 0 Å². The summed E-state index contributed by atoms with van der Waals surface area (Å²) in [5, 5.41) is 8.82. The van der Waals surface area contributed by atoms with E-state index >= 15 is 0 Å². The lowest BCUT2D eigenvalue weighted by Gasteiger charge is -2.42. The molecule has 8 nitrogen and oxygen atoms in total. The zero-order valence-corrected chi connectivity index (χ0v) is 21.7. The molecule has 1 saturated carbocycles. The molecule has 0 radical (unpaired) electrons. The van der Waals surface area contributed by atoms with Crippen LogP contribution < -0.4 is 0 Å². The van der Waals surface area contributed by atoms with Gasteiger partial charge < -0.3 is 4.90 Å². The van der Waals surface area contributed by atoms with Crippen molar-refractivity contribution in [2.45, 2.75) is 51.1 Å². The van der Waals surface area contributed by atoms with Crippen molar-refractivity contribution >= 4 is 11.9 Å². The quantitative estimate of drug-likeness (QED) is 0.503. The van der Waals surface area contributed by atoms with Gasteiger partial charge in [-0.25, -0.2) is 4.68 Å². The van der Waals surface area contributed by atoms with Crippen LogP contribution in [0.4, 0.5) is 0 Å². The van der Waals surface area contributed by atoms with Crippen molar-refractivity contribution in [3.8, 4) is 5.69 Å². The van der Waals surface area contributed by atoms with Crippen LogP contribution in [-0.2, 0) is 17.9 Å². The maximum Gasteiger partial charge on any atom is 0.259 e. The average molecular weight is 508 g/mol. The molecule has 194 valence electrons. The molecule has 0 bridgehead atoms. The van der Waals surface area contributed by atoms with E-state index in [1.807, 2.05) is 15.6 Å². The Labute approximate surface area is 223 Å². The average Bonchev–Trinajstić information content (AvgIpc) is 3.74. The standard InChI is InChI=1S/C30H33N7O/c38-29-26-20-34(18-22-6-2-1-3-7-22)16-14-28(26)35-17-15-31-30(35)36(29)19-23-10-12-25(13-11-23)37-21-27(32-33-37)24-8-4-5-9-24/h1-3,6-7,10-13,21,24H,4-5,8-9,14-20H2. The minimum absolute atomic E-state index is 0.0937. The Morgan fingerprint density at radius 2 is 1.68 bits per heavy atom. The van der Waals surface area contributed by atoms with Crippen molar-refractivity contribution in [2.75, 3.05) is 26.2 Å². The molecule has 0 atom stereocenters. The van der Waals surface area contributed by atoms with Gasteiger partial charge in [0.1, 0.15) is 0 Å². The highest BCUT2D eigenvalue weighted by molar-refractivity contribution is 6.09. The van der Waals surface area contributed by atoms with Crippen molar-refractivity contribution in [1.29, 1.82) is 0 Å². The lowest BCUT2D eigenvalue weighted by Crippen LogP contribution is -2.53. The molecule has 1 fully saturated rings. The maximum atomic E-state index is 13.8. The van der Waals surface area contributed by atoms with Crippen molar-refractivity contribution in [3.05, 3.63) is 88.9 Å². The summed E-state index contributed by atoms with van der Waals surface area (Å²) in [5.74, 6) is 1.45. The van der Waals surface area contributed by atoms with Crippen LogP contribution in [0.15, 0.2) is 77.1 Å². The van der Waals surface area contributed by atoms with Crippen molar-refractivity contribution in [1.82, 2.24) is 29.7 Å². The van der Waals surface area contributed by atoms with Crippen molar-refractivity contribution < 1.29 is 4.79 Å². The summed E-state index contributed by atoms with van der Waals surface area (Å²) in [5.41, 5.74) is 6.54. The second-order valence-corrected chi connectivity index (χ2v) is 10.8. The fourth-order valence-corrected chi connectivity index (χ4v) is 6.34. The van der Waals surface area contributed by atoms with Crippen LogP contribution in [0.2, 0.25) is 0 Å². The second-order valence-electron chi connectivity index (χ2n) is 10.8. The number of aromatic nitrogens is 3. The third-order valence-corrected chi connectivity index (χ3v) is 8.36. The number of aliphatic imine (C=N–C) groups is 1. The molecule has 0 unspecified atom stereocenters. The topological polar surface area (TPSA) is 69.9 Å². The van der Waals surface area contributed by atoms with Gasteiger partial charge in [0.2, 0.25) is 5.96 Å². The zero-order valence-electron chi connectivity index (χ0n) is 21.7. The fraction of sp³-hybridized carbons (Fsp3) is 0.400. The number of hydrogen-bond acceptors (Lipinski definition) is 6. The summed E-state index contributed by atoms with van der Waals surface area (Å²) in [7, 11) is 0. The van der Waals surface area contributed by atoms with E-state index in [9.17, 15) is 4.79 Å². The van der Waals surface area contributed by atoms with Gasteiger partial charge in [-0.3, -0.25) is 19.6 Å². The zero-order chi connectivity index (χ0) is 25.5. The highest BCUT2D eigenvalue weighted by Gasteiger charge is 2.40. The van der Waals surface area contributed by atoms with Crippen LogP contribution in [0.1, 0.15) is 54.8 Å². The molecule has 4 heterocycles. The highest BCUT2D eigenvalue weighted by atomic mass is 16.2. The first-order valence-electron chi connectivity index (χ1n) is 13.9. The predicted octanol–water partition coefficient (Wildman–Crippen LogP) is 4.10. The summed E-state index contributed by atoms with van der Waals surface area (Å²) in [6.45, 7) is 4.59. The smallest absolute Gasteiger partial charge is 0.259 e. The molecule has 1 amide bonds. The first-order valence-corrected chi connectivity index (χ1v) is 13.9. The minimum atomic E-state index is 0.0937. The van der Waals surface area contributed by atoms with Gasteiger partial charge >= 0.3 is 0 Å². The van der Waals surface area contributed by atoms with E-state index in [0.29, 0.717) is 19.0 Å². The number of amides is 1. The van der Waals surface area contributed by atoms with Crippen molar-refractivity contribution in [3.63, 3.8) is 0 Å². The first-order chi connectivity index (χ1) is 18.7. The molecule has 1 aliphatic carbocycles. The summed E-state index contributed by atoms with van der Waals surface area (Å²) in [6.07, 6.45) is 7.95. The van der Waals surface area contributed by atoms with Gasteiger partial charge in [-0.1, -0.05) is 60.5 Å². The number of carbonyl (C=O) groups excluding carboxylic acids is 1. The van der Waals surface area contributed by atoms with Gasteiger partial charge in [-0.15, -0.1) is 5.10 Å². The number of rotatable bonds is 6. The summed E-state index contributed by atoms with van der Waals surface area (Å²) >= 11 is 0. The summed E-state index contributed by atoms with van der Waals surface area (Å²) in [6, 6.07) is 18.8. The Morgan fingerprint density at radius 1 is 0.895 bits per heavy atom. The largest absolute Gasteiger partial charge is 0.314 e. The van der Waals surface area contributed by atoms with Crippen molar-refractivity contribution in [2.24, 2.45) is 4.99 Å². The Bertz CT molecular complexity index is 1390. The van der Waals surface area contributed by atoms with Gasteiger partial charge in [0, 0.05) is 44.2 Å². The van der Waals surface area contributed by atoms with Crippen LogP contribution in [0.5, 0.6) is 0 Å². The van der Waals surface area contributed by atoms with Crippen LogP contribution in [0, 0.1) is 0 Å². The van der Waals surface area contributed by atoms with E-state index < -0.39 is 0 Å². The molecule has 4 aliphatic rings. The molecular weight excluding hydrogens is 474 g/mol. The molecule has 38 heavy (non-hydrogen) atoms. The summed E-state index contributed by atoms with van der Waals surface area (Å²) in [4.78, 5) is 25.1. The normalized spacial score (nSPS) is 20.2. The lowest BCUT2D eigenvalue weighted by atomic mass is 10.00. The van der Waals surface area contributed by atoms with E-state index in [1.165, 1.54) is 36.9 Å². The summed E-state index contributed by atoms with van der Waals surface area (Å²) < 4.78 is 1.87. The van der Waals surface area contributed by atoms with Gasteiger partial charge in [0.05, 0.1) is 36.2 Å². The third kappa shape index (κ3) is 4.32. The number of hydrogen-bond donors (Lipinski definition) is 0.